The van der Waals surface area contributed by atoms with Gasteiger partial charge < -0.3 is 28.4 Å². The highest BCUT2D eigenvalue weighted by molar-refractivity contribution is 7.00. The predicted octanol–water partition coefficient (Wildman–Crippen LogP) is 7.48. The van der Waals surface area contributed by atoms with Crippen LogP contribution in [0.15, 0.2) is 152 Å². The number of ether oxygens (including phenoxy) is 3. The van der Waals surface area contributed by atoms with Crippen LogP contribution in [0.5, 0.6) is 0 Å². The second-order valence-electron chi connectivity index (χ2n) is 19.1. The zero-order valence-electron chi connectivity index (χ0n) is 38.7. The van der Waals surface area contributed by atoms with Gasteiger partial charge in [-0.05, 0) is 56.7 Å². The molecule has 0 aliphatic carbocycles. The normalized spacial score (nSPS) is 16.4. The van der Waals surface area contributed by atoms with Gasteiger partial charge in [0.25, 0.3) is 22.5 Å². The van der Waals surface area contributed by atoms with E-state index in [0.717, 1.165) is 26.3 Å². The van der Waals surface area contributed by atoms with Gasteiger partial charge in [-0.15, -0.1) is 0 Å². The van der Waals surface area contributed by atoms with Crippen molar-refractivity contribution < 1.29 is 37.4 Å². The Labute approximate surface area is 382 Å². The number of esters is 1. The van der Waals surface area contributed by atoms with Crippen LogP contribution in [-0.4, -0.2) is 72.0 Å². The minimum Gasteiger partial charge on any atom is -0.461 e. The molecular formula is C53H65NO8Si2. The summed E-state index contributed by atoms with van der Waals surface area (Å²) in [5, 5.41) is 6.57. The van der Waals surface area contributed by atoms with Crippen LogP contribution in [0.25, 0.3) is 0 Å². The Bertz CT molecular complexity index is 2180. The first-order valence-electron chi connectivity index (χ1n) is 22.3. The Morgan fingerprint density at radius 1 is 0.656 bits per heavy atom. The topological polar surface area (TPSA) is 109 Å². The molecule has 6 rings (SSSR count). The third-order valence-electron chi connectivity index (χ3n) is 12.1. The van der Waals surface area contributed by atoms with Gasteiger partial charge in [0.1, 0.15) is 12.6 Å². The second-order valence-corrected chi connectivity index (χ2v) is 27.7. The third kappa shape index (κ3) is 11.3. The summed E-state index contributed by atoms with van der Waals surface area (Å²) in [7, 11) is -6.15. The van der Waals surface area contributed by atoms with Gasteiger partial charge >= 0.3 is 5.97 Å². The molecule has 1 N–H and O–H groups in total. The van der Waals surface area contributed by atoms with E-state index in [0.29, 0.717) is 0 Å². The van der Waals surface area contributed by atoms with Crippen molar-refractivity contribution in [1.82, 2.24) is 5.32 Å². The van der Waals surface area contributed by atoms with Gasteiger partial charge in [-0.2, -0.15) is 0 Å². The molecule has 1 aliphatic heterocycles. The van der Waals surface area contributed by atoms with Crippen LogP contribution >= 0.6 is 0 Å². The number of carbonyl (C=O) groups excluding carboxylic acids is 3. The number of nitrogens with one attached hydrogen (secondary N) is 1. The molecule has 0 saturated carbocycles. The first kappa shape index (κ1) is 48.4. The van der Waals surface area contributed by atoms with Crippen molar-refractivity contribution in [3.05, 3.63) is 157 Å². The lowest BCUT2D eigenvalue weighted by Crippen LogP contribution is -2.67. The van der Waals surface area contributed by atoms with Crippen molar-refractivity contribution in [1.29, 1.82) is 0 Å². The summed E-state index contributed by atoms with van der Waals surface area (Å²) in [6.45, 7) is 16.7. The average Bonchev–Trinajstić information content (AvgIpc) is 3.66. The first-order chi connectivity index (χ1) is 30.5. The molecule has 338 valence electrons. The molecule has 1 aliphatic rings. The third-order valence-corrected chi connectivity index (χ3v) is 22.1. The maximum absolute atomic E-state index is 15.0. The Morgan fingerprint density at radius 3 is 1.48 bits per heavy atom. The number of carbonyl (C=O) groups is 3. The molecule has 0 radical (unpaired) electrons. The van der Waals surface area contributed by atoms with Crippen LogP contribution in [0, 0.1) is 5.92 Å². The van der Waals surface area contributed by atoms with E-state index in [1.165, 1.54) is 0 Å². The molecule has 3 atom stereocenters. The van der Waals surface area contributed by atoms with Gasteiger partial charge in [-0.1, -0.05) is 193 Å². The molecule has 5 aromatic carbocycles. The molecule has 0 unspecified atom stereocenters. The summed E-state index contributed by atoms with van der Waals surface area (Å²) in [6, 6.07) is 49.2. The Balaban J connectivity index is 1.34. The van der Waals surface area contributed by atoms with E-state index in [1.54, 1.807) is 13.8 Å². The van der Waals surface area contributed by atoms with Gasteiger partial charge in [0.05, 0.1) is 19.1 Å². The van der Waals surface area contributed by atoms with Gasteiger partial charge in [-0.25, -0.2) is 0 Å². The summed E-state index contributed by atoms with van der Waals surface area (Å²) < 4.78 is 32.1. The molecule has 0 aromatic heterocycles. The molecule has 64 heavy (non-hydrogen) atoms. The SMILES string of the molecule is CC1(C)OC[C@@H](C(=O)N[C@@H](CO[Si](c2ccccc2)(c2ccccc2)C(C)(C)C)C(=O)C[C@@H](CCO[Si](c2ccccc2)(c2ccccc2)C(C)(C)C)C(=O)OCc2ccccc2)O1. The van der Waals surface area contributed by atoms with E-state index in [4.69, 9.17) is 23.1 Å². The first-order valence-corrected chi connectivity index (χ1v) is 26.1. The van der Waals surface area contributed by atoms with Gasteiger partial charge in [0.2, 0.25) is 0 Å². The van der Waals surface area contributed by atoms with Crippen molar-refractivity contribution in [2.24, 2.45) is 5.92 Å². The van der Waals surface area contributed by atoms with Gasteiger partial charge in [0, 0.05) is 13.0 Å². The van der Waals surface area contributed by atoms with E-state index in [2.05, 4.69) is 95.4 Å². The molecule has 9 nitrogen and oxygen atoms in total. The van der Waals surface area contributed by atoms with Crippen molar-refractivity contribution in [2.45, 2.75) is 103 Å². The Morgan fingerprint density at radius 2 is 1.08 bits per heavy atom. The molecule has 1 amide bonds. The van der Waals surface area contributed by atoms with E-state index in [9.17, 15) is 9.59 Å². The van der Waals surface area contributed by atoms with E-state index >= 15 is 4.79 Å². The van der Waals surface area contributed by atoms with Crippen LogP contribution in [0.1, 0.15) is 73.8 Å². The average molecular weight is 900 g/mol. The smallest absolute Gasteiger partial charge is 0.309 e. The monoisotopic (exact) mass is 899 g/mol. The number of ketones is 1. The summed E-state index contributed by atoms with van der Waals surface area (Å²) >= 11 is 0. The lowest BCUT2D eigenvalue weighted by Gasteiger charge is -2.43. The molecule has 1 heterocycles. The highest BCUT2D eigenvalue weighted by Gasteiger charge is 2.52. The molecule has 11 heteroatoms. The fourth-order valence-corrected chi connectivity index (χ4v) is 18.1. The largest absolute Gasteiger partial charge is 0.461 e. The van der Waals surface area contributed by atoms with Crippen molar-refractivity contribution in [3.63, 3.8) is 0 Å². The highest BCUT2D eigenvalue weighted by Crippen LogP contribution is 2.38. The fourth-order valence-electron chi connectivity index (χ4n) is 8.92. The Kier molecular flexibility index (Phi) is 15.8. The number of hydrogen-bond donors (Lipinski definition) is 1. The van der Waals surface area contributed by atoms with Gasteiger partial charge in [-0.3, -0.25) is 14.4 Å². The van der Waals surface area contributed by atoms with Crippen molar-refractivity contribution in [3.8, 4) is 0 Å². The predicted molar refractivity (Wildman–Crippen MR) is 258 cm³/mol. The molecule has 1 fully saturated rings. The molecular weight excluding hydrogens is 835 g/mol. The fraction of sp³-hybridized carbons (Fsp3) is 0.377. The van der Waals surface area contributed by atoms with E-state index in [-0.39, 0.29) is 50.1 Å². The highest BCUT2D eigenvalue weighted by atomic mass is 28.4. The summed E-state index contributed by atoms with van der Waals surface area (Å²) in [5.74, 6) is -3.24. The maximum Gasteiger partial charge on any atom is 0.309 e. The molecule has 1 saturated heterocycles. The molecule has 5 aromatic rings. The minimum absolute atomic E-state index is 0.0311. The summed E-state index contributed by atoms with van der Waals surface area (Å²) in [6.07, 6.45) is -0.960. The summed E-state index contributed by atoms with van der Waals surface area (Å²) in [4.78, 5) is 43.4. The number of benzene rings is 5. The lowest BCUT2D eigenvalue weighted by atomic mass is 9.96. The van der Waals surface area contributed by atoms with Gasteiger partial charge in [0.15, 0.2) is 17.7 Å². The van der Waals surface area contributed by atoms with E-state index in [1.807, 2.05) is 103 Å². The zero-order valence-corrected chi connectivity index (χ0v) is 40.7. The van der Waals surface area contributed by atoms with Crippen molar-refractivity contribution in [2.75, 3.05) is 19.8 Å². The lowest BCUT2D eigenvalue weighted by molar-refractivity contribution is -0.155. The zero-order chi connectivity index (χ0) is 46.0. The van der Waals surface area contributed by atoms with Crippen LogP contribution < -0.4 is 26.1 Å². The van der Waals surface area contributed by atoms with Crippen LogP contribution in [0.2, 0.25) is 10.1 Å². The van der Waals surface area contributed by atoms with Crippen LogP contribution in [0.3, 0.4) is 0 Å². The number of Topliss-reactive ketones (excluding diaryl/α,β-unsaturated/α-hetero) is 1. The Hall–Kier alpha value is -5.02. The quantitative estimate of drug-likeness (QED) is 0.0672. The molecule has 0 bridgehead atoms. The maximum atomic E-state index is 15.0. The number of hydrogen-bond acceptors (Lipinski definition) is 8. The van der Waals surface area contributed by atoms with Crippen LogP contribution in [0.4, 0.5) is 0 Å². The second kappa shape index (κ2) is 20.9. The number of amides is 1. The van der Waals surface area contributed by atoms with Crippen LogP contribution in [-0.2, 0) is 44.1 Å². The summed E-state index contributed by atoms with van der Waals surface area (Å²) in [5.41, 5.74) is 0.829. The number of rotatable bonds is 19. The molecule has 0 spiro atoms. The minimum atomic E-state index is -3.17. The van der Waals surface area contributed by atoms with E-state index < -0.39 is 57.4 Å². The standard InChI is InChI=1S/C53H65NO8Si2/c1-51(2,3)63(42-26-16-10-17-27-42,43-28-18-11-19-29-43)60-35-34-41(50(57)58-37-40-24-14-9-15-25-40)36-47(55)46(54-49(56)48-39-59-53(7,8)62-48)38-61-64(52(4,5)6,44-30-20-12-21-31-44)45-32-22-13-23-33-45/h9-33,41,46,48H,34-39H2,1-8H3,(H,54,56)/t41-,46+,48+/m1/s1. The van der Waals surface area contributed by atoms with Crippen molar-refractivity contribution >= 4 is 55.0 Å².